The zero-order valence-electron chi connectivity index (χ0n) is 20.1. The normalized spacial score (nSPS) is 22.3. The van der Waals surface area contributed by atoms with Crippen LogP contribution in [-0.4, -0.2) is 42.8 Å². The smallest absolute Gasteiger partial charge is 0.225 e. The van der Waals surface area contributed by atoms with E-state index in [0.29, 0.717) is 36.6 Å². The van der Waals surface area contributed by atoms with E-state index in [1.807, 2.05) is 60.7 Å². The van der Waals surface area contributed by atoms with Gasteiger partial charge in [0.1, 0.15) is 11.1 Å². The number of nitrogens with one attached hydrogen (secondary N) is 1. The summed E-state index contributed by atoms with van der Waals surface area (Å²) in [6.45, 7) is 1.37. The SMILES string of the molecule is CN(CC1CCC(CNc2nc(N)c3ccccc3n2)CC1)S(=O)(=O)C1CC=Cc2ccccc21. The molecule has 1 saturated carbocycles. The first-order chi connectivity index (χ1) is 16.9. The van der Waals surface area contributed by atoms with Crippen LogP contribution >= 0.6 is 0 Å². The molecule has 0 saturated heterocycles. The molecule has 8 heteroatoms. The fourth-order valence-corrected chi connectivity index (χ4v) is 7.15. The molecule has 1 atom stereocenters. The molecular weight excluding hydrogens is 458 g/mol. The number of hydrogen-bond donors (Lipinski definition) is 2. The molecule has 2 aromatic carbocycles. The van der Waals surface area contributed by atoms with Crippen molar-refractivity contribution in [2.24, 2.45) is 11.8 Å². The van der Waals surface area contributed by atoms with E-state index in [4.69, 9.17) is 5.73 Å². The molecule has 0 aliphatic heterocycles. The first kappa shape index (κ1) is 23.8. The zero-order chi connectivity index (χ0) is 24.4. The fourth-order valence-electron chi connectivity index (χ4n) is 5.40. The van der Waals surface area contributed by atoms with Crippen molar-refractivity contribution >= 4 is 38.8 Å². The minimum Gasteiger partial charge on any atom is -0.383 e. The number of hydrogen-bond acceptors (Lipinski definition) is 6. The number of nitrogens with two attached hydrogens (primary N) is 1. The summed E-state index contributed by atoms with van der Waals surface area (Å²) in [5.74, 6) is 1.95. The highest BCUT2D eigenvalue weighted by Crippen LogP contribution is 2.37. The maximum Gasteiger partial charge on any atom is 0.225 e. The van der Waals surface area contributed by atoms with E-state index in [1.54, 1.807) is 11.4 Å². The average Bonchev–Trinajstić information content (AvgIpc) is 2.88. The Bertz CT molecular complexity index is 1330. The van der Waals surface area contributed by atoms with Crippen molar-refractivity contribution in [1.82, 2.24) is 14.3 Å². The molecule has 0 spiro atoms. The Morgan fingerprint density at radius 3 is 2.54 bits per heavy atom. The van der Waals surface area contributed by atoms with E-state index in [1.165, 1.54) is 0 Å². The molecule has 35 heavy (non-hydrogen) atoms. The number of anilines is 2. The largest absolute Gasteiger partial charge is 0.383 e. The molecule has 5 rings (SSSR count). The number of allylic oxidation sites excluding steroid dienone is 1. The lowest BCUT2D eigenvalue weighted by Crippen LogP contribution is -2.37. The average molecular weight is 492 g/mol. The number of rotatable bonds is 7. The Morgan fingerprint density at radius 1 is 1.00 bits per heavy atom. The lowest BCUT2D eigenvalue weighted by Gasteiger charge is -2.33. The third-order valence-corrected chi connectivity index (χ3v) is 9.63. The summed E-state index contributed by atoms with van der Waals surface area (Å²) in [6.07, 6.45) is 8.69. The number of nitrogen functional groups attached to an aromatic ring is 1. The maximum absolute atomic E-state index is 13.4. The number of nitrogens with zero attached hydrogens (tertiary/aromatic N) is 3. The fraction of sp³-hybridized carbons (Fsp3) is 0.407. The Morgan fingerprint density at radius 2 is 1.71 bits per heavy atom. The van der Waals surface area contributed by atoms with Gasteiger partial charge in [0.15, 0.2) is 0 Å². The van der Waals surface area contributed by atoms with Crippen molar-refractivity contribution in [3.8, 4) is 0 Å². The third kappa shape index (κ3) is 5.04. The molecular formula is C27H33N5O2S. The van der Waals surface area contributed by atoms with Gasteiger partial charge < -0.3 is 11.1 Å². The van der Waals surface area contributed by atoms with Crippen molar-refractivity contribution in [3.63, 3.8) is 0 Å². The van der Waals surface area contributed by atoms with Gasteiger partial charge in [-0.25, -0.2) is 17.7 Å². The van der Waals surface area contributed by atoms with E-state index in [-0.39, 0.29) is 0 Å². The molecule has 1 aromatic heterocycles. The Hall–Kier alpha value is -2.97. The lowest BCUT2D eigenvalue weighted by atomic mass is 9.82. The summed E-state index contributed by atoms with van der Waals surface area (Å²) < 4.78 is 28.4. The van der Waals surface area contributed by atoms with Gasteiger partial charge in [-0.3, -0.25) is 0 Å². The topological polar surface area (TPSA) is 101 Å². The molecule has 1 unspecified atom stereocenters. The van der Waals surface area contributed by atoms with Crippen molar-refractivity contribution in [3.05, 3.63) is 65.7 Å². The first-order valence-corrected chi connectivity index (χ1v) is 13.9. The Kier molecular flexibility index (Phi) is 6.75. The second-order valence-corrected chi connectivity index (χ2v) is 12.0. The van der Waals surface area contributed by atoms with Gasteiger partial charge in [0.2, 0.25) is 16.0 Å². The van der Waals surface area contributed by atoms with Crippen LogP contribution in [0.25, 0.3) is 17.0 Å². The summed E-state index contributed by atoms with van der Waals surface area (Å²) in [7, 11) is -1.67. The zero-order valence-corrected chi connectivity index (χ0v) is 20.9. The van der Waals surface area contributed by atoms with Gasteiger partial charge in [-0.2, -0.15) is 4.98 Å². The summed E-state index contributed by atoms with van der Waals surface area (Å²) in [6, 6.07) is 15.6. The minimum absolute atomic E-state index is 0.382. The van der Waals surface area contributed by atoms with Crippen molar-refractivity contribution in [1.29, 1.82) is 0 Å². The number of para-hydroxylation sites is 1. The van der Waals surface area contributed by atoms with Gasteiger partial charge in [0.05, 0.1) is 5.52 Å². The van der Waals surface area contributed by atoms with E-state index < -0.39 is 15.3 Å². The van der Waals surface area contributed by atoms with Crippen LogP contribution in [-0.2, 0) is 10.0 Å². The van der Waals surface area contributed by atoms with E-state index >= 15 is 0 Å². The van der Waals surface area contributed by atoms with Crippen LogP contribution in [0.3, 0.4) is 0 Å². The molecule has 2 aliphatic carbocycles. The predicted octanol–water partition coefficient (Wildman–Crippen LogP) is 4.85. The highest BCUT2D eigenvalue weighted by atomic mass is 32.2. The summed E-state index contributed by atoms with van der Waals surface area (Å²) in [4.78, 5) is 8.99. The van der Waals surface area contributed by atoms with Gasteiger partial charge in [-0.1, -0.05) is 48.6 Å². The van der Waals surface area contributed by atoms with Gasteiger partial charge in [-0.15, -0.1) is 0 Å². The summed E-state index contributed by atoms with van der Waals surface area (Å²) in [5, 5.41) is 3.73. The number of sulfonamides is 1. The molecule has 1 fully saturated rings. The molecule has 1 heterocycles. The number of fused-ring (bicyclic) bond motifs is 2. The molecule has 2 aliphatic rings. The highest BCUT2D eigenvalue weighted by Gasteiger charge is 2.34. The first-order valence-electron chi connectivity index (χ1n) is 12.4. The van der Waals surface area contributed by atoms with Crippen LogP contribution < -0.4 is 11.1 Å². The highest BCUT2D eigenvalue weighted by molar-refractivity contribution is 7.89. The molecule has 7 nitrogen and oxygen atoms in total. The van der Waals surface area contributed by atoms with Crippen LogP contribution in [0, 0.1) is 11.8 Å². The lowest BCUT2D eigenvalue weighted by molar-refractivity contribution is 0.250. The van der Waals surface area contributed by atoms with E-state index in [9.17, 15) is 8.42 Å². The molecule has 184 valence electrons. The standard InChI is InChI=1S/C27H33N5O2S/c1-32(35(33,34)25-12-6-8-21-7-2-3-9-22(21)25)18-20-15-13-19(14-16-20)17-29-27-30-24-11-5-4-10-23(24)26(28)31-27/h2-11,19-20,25H,12-18H2,1H3,(H3,28,29,30,31). The minimum atomic E-state index is -3.42. The number of aromatic nitrogens is 2. The van der Waals surface area contributed by atoms with Crippen LogP contribution in [0.2, 0.25) is 0 Å². The second kappa shape index (κ2) is 9.95. The molecule has 3 aromatic rings. The molecule has 0 radical (unpaired) electrons. The van der Waals surface area contributed by atoms with Gasteiger partial charge in [0.25, 0.3) is 0 Å². The van der Waals surface area contributed by atoms with Gasteiger partial charge in [0, 0.05) is 25.5 Å². The molecule has 3 N–H and O–H groups in total. The van der Waals surface area contributed by atoms with Crippen molar-refractivity contribution in [2.75, 3.05) is 31.2 Å². The van der Waals surface area contributed by atoms with Crippen LogP contribution in [0.15, 0.2) is 54.6 Å². The molecule has 0 bridgehead atoms. The van der Waals surface area contributed by atoms with Crippen LogP contribution in [0.5, 0.6) is 0 Å². The Labute approximate surface area is 207 Å². The Balaban J connectivity index is 1.14. The monoisotopic (exact) mass is 491 g/mol. The predicted molar refractivity (Wildman–Crippen MR) is 142 cm³/mol. The third-order valence-electron chi connectivity index (χ3n) is 7.45. The van der Waals surface area contributed by atoms with Crippen molar-refractivity contribution in [2.45, 2.75) is 37.4 Å². The van der Waals surface area contributed by atoms with Crippen LogP contribution in [0.4, 0.5) is 11.8 Å². The summed E-state index contributed by atoms with van der Waals surface area (Å²) >= 11 is 0. The number of benzene rings is 2. The molecule has 0 amide bonds. The van der Waals surface area contributed by atoms with E-state index in [0.717, 1.165) is 54.3 Å². The van der Waals surface area contributed by atoms with Crippen LogP contribution in [0.1, 0.15) is 48.5 Å². The van der Waals surface area contributed by atoms with Crippen molar-refractivity contribution < 1.29 is 8.42 Å². The van der Waals surface area contributed by atoms with Gasteiger partial charge in [-0.05, 0) is 67.2 Å². The van der Waals surface area contributed by atoms with Gasteiger partial charge >= 0.3 is 0 Å². The maximum atomic E-state index is 13.4. The summed E-state index contributed by atoms with van der Waals surface area (Å²) in [5.41, 5.74) is 8.85. The second-order valence-electron chi connectivity index (χ2n) is 9.80. The quantitative estimate of drug-likeness (QED) is 0.490. The van der Waals surface area contributed by atoms with E-state index in [2.05, 4.69) is 15.3 Å².